The van der Waals surface area contributed by atoms with E-state index in [-0.39, 0.29) is 24.6 Å². The van der Waals surface area contributed by atoms with Gasteiger partial charge in [-0.1, -0.05) is 0 Å². The van der Waals surface area contributed by atoms with E-state index in [4.69, 9.17) is 14.2 Å². The number of amides is 2. The van der Waals surface area contributed by atoms with Crippen molar-refractivity contribution in [3.05, 3.63) is 42.0 Å². The quantitative estimate of drug-likeness (QED) is 0.707. The average Bonchev–Trinajstić information content (AvgIpc) is 3.25. The second kappa shape index (κ2) is 9.29. The molecule has 1 N–H and O–H groups in total. The maximum atomic E-state index is 13.4. The second-order valence-corrected chi connectivity index (χ2v) is 8.55. The maximum Gasteiger partial charge on any atom is 0.416 e. The molecule has 3 aliphatic heterocycles. The number of rotatable bonds is 4. The van der Waals surface area contributed by atoms with Crippen LogP contribution >= 0.6 is 0 Å². The van der Waals surface area contributed by atoms with Crippen LogP contribution in [-0.2, 0) is 20.5 Å². The molecule has 2 fully saturated rings. The van der Waals surface area contributed by atoms with Crippen LogP contribution in [0.4, 0.5) is 30.2 Å². The fourth-order valence-corrected chi connectivity index (χ4v) is 4.46. The van der Waals surface area contributed by atoms with E-state index < -0.39 is 23.6 Å². The molecule has 1 unspecified atom stereocenters. The van der Waals surface area contributed by atoms with Crippen LogP contribution in [0.1, 0.15) is 12.0 Å². The van der Waals surface area contributed by atoms with Gasteiger partial charge < -0.3 is 29.3 Å². The predicted octanol–water partition coefficient (Wildman–Crippen LogP) is 3.30. The smallest absolute Gasteiger partial charge is 0.416 e. The number of nitrogens with one attached hydrogen (secondary N) is 1. The Morgan fingerprint density at radius 1 is 0.971 bits per heavy atom. The molecular weight excluding hydrogens is 467 g/mol. The van der Waals surface area contributed by atoms with Crippen LogP contribution in [0.3, 0.4) is 0 Å². The number of anilines is 3. The van der Waals surface area contributed by atoms with Crippen molar-refractivity contribution in [1.82, 2.24) is 0 Å². The topological polar surface area (TPSA) is 80.3 Å². The number of hydrogen-bond donors (Lipinski definition) is 1. The first kappa shape index (κ1) is 23.3. The SMILES string of the molecule is O=C(Nc1cc(C(F)(F)F)ccc1N1CCOCC1)C1CC(=O)N(c2ccc3c(c2)OCCO3)C1. The summed E-state index contributed by atoms with van der Waals surface area (Å²) in [4.78, 5) is 29.2. The van der Waals surface area contributed by atoms with Crippen molar-refractivity contribution < 1.29 is 37.0 Å². The van der Waals surface area contributed by atoms with Crippen LogP contribution in [0, 0.1) is 5.92 Å². The van der Waals surface area contributed by atoms with Crippen LogP contribution in [0.25, 0.3) is 0 Å². The first-order chi connectivity index (χ1) is 16.8. The molecule has 3 heterocycles. The largest absolute Gasteiger partial charge is 0.486 e. The summed E-state index contributed by atoms with van der Waals surface area (Å²) in [5.74, 6) is -0.371. The number of ether oxygens (including phenoxy) is 3. The van der Waals surface area contributed by atoms with Gasteiger partial charge in [-0.15, -0.1) is 0 Å². The van der Waals surface area contributed by atoms with E-state index >= 15 is 0 Å². The summed E-state index contributed by atoms with van der Waals surface area (Å²) in [6.07, 6.45) is -4.60. The minimum Gasteiger partial charge on any atom is -0.486 e. The summed E-state index contributed by atoms with van der Waals surface area (Å²) < 4.78 is 56.5. The number of carbonyl (C=O) groups is 2. The first-order valence-electron chi connectivity index (χ1n) is 11.3. The fourth-order valence-electron chi connectivity index (χ4n) is 4.46. The van der Waals surface area contributed by atoms with Gasteiger partial charge in [0.2, 0.25) is 11.8 Å². The molecule has 0 bridgehead atoms. The zero-order valence-electron chi connectivity index (χ0n) is 18.8. The third-order valence-corrected chi connectivity index (χ3v) is 6.27. The Labute approximate surface area is 199 Å². The van der Waals surface area contributed by atoms with Gasteiger partial charge in [0.05, 0.1) is 36.1 Å². The standard InChI is InChI=1S/C24H24F3N3O5/c25-24(26,27)16-1-3-19(29-5-7-33-8-6-29)18(12-16)28-23(32)15-11-22(31)30(14-15)17-2-4-20-21(13-17)35-10-9-34-20/h1-4,12-13,15H,5-11,14H2,(H,28,32). The Balaban J connectivity index is 1.35. The van der Waals surface area contributed by atoms with E-state index in [1.54, 1.807) is 18.2 Å². The first-order valence-corrected chi connectivity index (χ1v) is 11.3. The van der Waals surface area contributed by atoms with Crippen molar-refractivity contribution in [2.75, 3.05) is 61.2 Å². The molecule has 2 aromatic carbocycles. The molecule has 35 heavy (non-hydrogen) atoms. The molecule has 1 atom stereocenters. The minimum absolute atomic E-state index is 0.0495. The Bertz CT molecular complexity index is 1130. The monoisotopic (exact) mass is 491 g/mol. The average molecular weight is 491 g/mol. The predicted molar refractivity (Wildman–Crippen MR) is 121 cm³/mol. The molecule has 0 aromatic heterocycles. The van der Waals surface area contributed by atoms with Gasteiger partial charge in [-0.25, -0.2) is 0 Å². The van der Waals surface area contributed by atoms with Crippen LogP contribution in [-0.4, -0.2) is 57.9 Å². The molecule has 5 rings (SSSR count). The number of carbonyl (C=O) groups excluding carboxylic acids is 2. The Hall–Kier alpha value is -3.47. The van der Waals surface area contributed by atoms with Crippen molar-refractivity contribution in [3.8, 4) is 11.5 Å². The molecule has 3 aliphatic rings. The molecule has 2 amide bonds. The molecule has 2 saturated heterocycles. The lowest BCUT2D eigenvalue weighted by molar-refractivity contribution is -0.137. The Morgan fingerprint density at radius 2 is 1.71 bits per heavy atom. The minimum atomic E-state index is -4.55. The third kappa shape index (κ3) is 4.86. The van der Waals surface area contributed by atoms with Crippen molar-refractivity contribution >= 4 is 28.9 Å². The van der Waals surface area contributed by atoms with Gasteiger partial charge in [-0.05, 0) is 30.3 Å². The van der Waals surface area contributed by atoms with Crippen molar-refractivity contribution in [2.24, 2.45) is 5.92 Å². The van der Waals surface area contributed by atoms with E-state index in [2.05, 4.69) is 5.32 Å². The number of morpholine rings is 1. The normalized spacial score (nSPS) is 20.2. The molecule has 0 radical (unpaired) electrons. The summed E-state index contributed by atoms with van der Waals surface area (Å²) in [7, 11) is 0. The maximum absolute atomic E-state index is 13.4. The lowest BCUT2D eigenvalue weighted by Gasteiger charge is -2.31. The molecular formula is C24H24F3N3O5. The number of fused-ring (bicyclic) bond motifs is 1. The van der Waals surface area contributed by atoms with Gasteiger partial charge in [0.1, 0.15) is 13.2 Å². The van der Waals surface area contributed by atoms with Crippen LogP contribution in [0.15, 0.2) is 36.4 Å². The highest BCUT2D eigenvalue weighted by Crippen LogP contribution is 2.38. The number of halogens is 3. The second-order valence-electron chi connectivity index (χ2n) is 8.55. The van der Waals surface area contributed by atoms with Gasteiger partial charge >= 0.3 is 6.18 Å². The molecule has 0 aliphatic carbocycles. The zero-order chi connectivity index (χ0) is 24.6. The van der Waals surface area contributed by atoms with Crippen LogP contribution in [0.5, 0.6) is 11.5 Å². The lowest BCUT2D eigenvalue weighted by Crippen LogP contribution is -2.37. The fraction of sp³-hybridized carbons (Fsp3) is 0.417. The summed E-state index contributed by atoms with van der Waals surface area (Å²) >= 11 is 0. The van der Waals surface area contributed by atoms with Gasteiger partial charge in [0.25, 0.3) is 0 Å². The lowest BCUT2D eigenvalue weighted by atomic mass is 10.1. The zero-order valence-corrected chi connectivity index (χ0v) is 18.8. The summed E-state index contributed by atoms with van der Waals surface area (Å²) in [5.41, 5.74) is 0.271. The molecule has 2 aromatic rings. The van der Waals surface area contributed by atoms with Crippen molar-refractivity contribution in [1.29, 1.82) is 0 Å². The molecule has 8 nitrogen and oxygen atoms in total. The third-order valence-electron chi connectivity index (χ3n) is 6.27. The summed E-state index contributed by atoms with van der Waals surface area (Å²) in [5, 5.41) is 2.66. The van der Waals surface area contributed by atoms with Gasteiger partial charge in [0.15, 0.2) is 11.5 Å². The van der Waals surface area contributed by atoms with Crippen molar-refractivity contribution in [3.63, 3.8) is 0 Å². The van der Waals surface area contributed by atoms with Gasteiger partial charge in [0, 0.05) is 37.8 Å². The van der Waals surface area contributed by atoms with E-state index in [1.165, 1.54) is 11.0 Å². The highest BCUT2D eigenvalue weighted by atomic mass is 19.4. The summed E-state index contributed by atoms with van der Waals surface area (Å²) in [6.45, 7) is 2.82. The van der Waals surface area contributed by atoms with E-state index in [0.29, 0.717) is 62.4 Å². The van der Waals surface area contributed by atoms with E-state index in [1.807, 2.05) is 4.90 Å². The van der Waals surface area contributed by atoms with Crippen LogP contribution < -0.4 is 24.6 Å². The van der Waals surface area contributed by atoms with E-state index in [9.17, 15) is 22.8 Å². The highest BCUT2D eigenvalue weighted by molar-refractivity contribution is 6.04. The van der Waals surface area contributed by atoms with Crippen LogP contribution in [0.2, 0.25) is 0 Å². The van der Waals surface area contributed by atoms with Gasteiger partial charge in [-0.2, -0.15) is 13.2 Å². The van der Waals surface area contributed by atoms with E-state index in [0.717, 1.165) is 12.1 Å². The number of nitrogens with zero attached hydrogens (tertiary/aromatic N) is 2. The summed E-state index contributed by atoms with van der Waals surface area (Å²) in [6, 6.07) is 8.43. The highest BCUT2D eigenvalue weighted by Gasteiger charge is 2.37. The molecule has 0 saturated carbocycles. The number of alkyl halides is 3. The van der Waals surface area contributed by atoms with Crippen molar-refractivity contribution in [2.45, 2.75) is 12.6 Å². The number of benzene rings is 2. The molecule has 11 heteroatoms. The van der Waals surface area contributed by atoms with Gasteiger partial charge in [-0.3, -0.25) is 9.59 Å². The number of hydrogen-bond acceptors (Lipinski definition) is 6. The Kier molecular flexibility index (Phi) is 6.18. The molecule has 186 valence electrons. The molecule has 0 spiro atoms. The Morgan fingerprint density at radius 3 is 2.46 bits per heavy atom.